The first kappa shape index (κ1) is 17.8. The van der Waals surface area contributed by atoms with Gasteiger partial charge in [0, 0.05) is 18.8 Å². The minimum Gasteiger partial charge on any atom is -0.372 e. The van der Waals surface area contributed by atoms with Gasteiger partial charge >= 0.3 is 6.18 Å². The molecule has 128 valence electrons. The molecule has 24 heavy (non-hydrogen) atoms. The van der Waals surface area contributed by atoms with Crippen LogP contribution < -0.4 is 10.3 Å². The fourth-order valence-corrected chi connectivity index (χ4v) is 2.31. The minimum absolute atomic E-state index is 0.292. The Morgan fingerprint density at radius 1 is 1.04 bits per heavy atom. The Kier molecular flexibility index (Phi) is 5.84. The van der Waals surface area contributed by atoms with Gasteiger partial charge in [-0.25, -0.2) is 0 Å². The van der Waals surface area contributed by atoms with Gasteiger partial charge in [0.2, 0.25) is 0 Å². The Bertz CT molecular complexity index is 675. The lowest BCUT2D eigenvalue weighted by Gasteiger charge is -2.20. The lowest BCUT2D eigenvalue weighted by atomic mass is 10.2. The van der Waals surface area contributed by atoms with Crippen molar-refractivity contribution in [3.63, 3.8) is 0 Å². The van der Waals surface area contributed by atoms with E-state index in [4.69, 9.17) is 0 Å². The van der Waals surface area contributed by atoms with E-state index in [0.717, 1.165) is 36.5 Å². The molecule has 0 heterocycles. The average molecular weight is 335 g/mol. The quantitative estimate of drug-likeness (QED) is 0.594. The molecule has 0 aliphatic heterocycles. The standard InChI is InChI=1S/C18H20F3N3/c1-3-24(4-2)17-10-8-14(9-11-17)13-22-23-16-7-5-6-15(12-16)18(19,20)21/h5-13,23H,3-4H2,1-2H3. The number of alkyl halides is 3. The van der Waals surface area contributed by atoms with Gasteiger partial charge in [0.25, 0.3) is 0 Å². The molecule has 0 aliphatic carbocycles. The van der Waals surface area contributed by atoms with E-state index in [1.165, 1.54) is 12.1 Å². The summed E-state index contributed by atoms with van der Waals surface area (Å²) in [5.41, 5.74) is 4.21. The van der Waals surface area contributed by atoms with Gasteiger partial charge < -0.3 is 4.90 Å². The number of halogens is 3. The molecule has 0 unspecified atom stereocenters. The zero-order valence-electron chi connectivity index (χ0n) is 13.6. The zero-order chi connectivity index (χ0) is 17.6. The van der Waals surface area contributed by atoms with Crippen molar-refractivity contribution in [1.82, 2.24) is 0 Å². The maximum absolute atomic E-state index is 12.6. The highest BCUT2D eigenvalue weighted by Crippen LogP contribution is 2.30. The average Bonchev–Trinajstić information content (AvgIpc) is 2.57. The van der Waals surface area contributed by atoms with Crippen LogP contribution in [0.2, 0.25) is 0 Å². The molecule has 2 aromatic carbocycles. The van der Waals surface area contributed by atoms with E-state index in [-0.39, 0.29) is 0 Å². The Labute approximate surface area is 139 Å². The van der Waals surface area contributed by atoms with E-state index in [9.17, 15) is 13.2 Å². The van der Waals surface area contributed by atoms with Crippen molar-refractivity contribution in [2.75, 3.05) is 23.4 Å². The number of anilines is 2. The van der Waals surface area contributed by atoms with Crippen molar-refractivity contribution < 1.29 is 13.2 Å². The van der Waals surface area contributed by atoms with Crippen LogP contribution in [0.3, 0.4) is 0 Å². The van der Waals surface area contributed by atoms with Crippen molar-refractivity contribution in [2.45, 2.75) is 20.0 Å². The summed E-state index contributed by atoms with van der Waals surface area (Å²) in [7, 11) is 0. The maximum atomic E-state index is 12.6. The van der Waals surface area contributed by atoms with Gasteiger partial charge in [0.1, 0.15) is 0 Å². The molecule has 0 spiro atoms. The van der Waals surface area contributed by atoms with E-state index >= 15 is 0 Å². The highest BCUT2D eigenvalue weighted by molar-refractivity contribution is 5.81. The first-order valence-electron chi connectivity index (χ1n) is 7.75. The number of nitrogens with one attached hydrogen (secondary N) is 1. The van der Waals surface area contributed by atoms with Crippen LogP contribution >= 0.6 is 0 Å². The molecule has 2 aromatic rings. The summed E-state index contributed by atoms with van der Waals surface area (Å²) in [6.45, 7) is 6.05. The summed E-state index contributed by atoms with van der Waals surface area (Å²) >= 11 is 0. The smallest absolute Gasteiger partial charge is 0.372 e. The Morgan fingerprint density at radius 3 is 2.29 bits per heavy atom. The lowest BCUT2D eigenvalue weighted by molar-refractivity contribution is -0.137. The molecule has 6 heteroatoms. The van der Waals surface area contributed by atoms with Crippen LogP contribution in [0.1, 0.15) is 25.0 Å². The first-order valence-corrected chi connectivity index (χ1v) is 7.75. The summed E-state index contributed by atoms with van der Waals surface area (Å²) in [6.07, 6.45) is -2.78. The summed E-state index contributed by atoms with van der Waals surface area (Å²) in [5.74, 6) is 0. The Morgan fingerprint density at radius 2 is 1.71 bits per heavy atom. The molecular formula is C18H20F3N3. The van der Waals surface area contributed by atoms with Crippen LogP contribution in [0.15, 0.2) is 53.6 Å². The number of nitrogens with zero attached hydrogens (tertiary/aromatic N) is 2. The van der Waals surface area contributed by atoms with Crippen LogP contribution in [-0.2, 0) is 6.18 Å². The highest BCUT2D eigenvalue weighted by atomic mass is 19.4. The number of hydrogen-bond donors (Lipinski definition) is 1. The van der Waals surface area contributed by atoms with E-state index < -0.39 is 11.7 Å². The molecule has 0 bridgehead atoms. The van der Waals surface area contributed by atoms with Crippen LogP contribution in [-0.4, -0.2) is 19.3 Å². The van der Waals surface area contributed by atoms with Crippen molar-refractivity contribution in [3.8, 4) is 0 Å². The molecular weight excluding hydrogens is 315 g/mol. The maximum Gasteiger partial charge on any atom is 0.416 e. The molecule has 1 N–H and O–H groups in total. The highest BCUT2D eigenvalue weighted by Gasteiger charge is 2.30. The van der Waals surface area contributed by atoms with Crippen molar-refractivity contribution in [3.05, 3.63) is 59.7 Å². The van der Waals surface area contributed by atoms with Gasteiger partial charge in [-0.2, -0.15) is 18.3 Å². The third-order valence-electron chi connectivity index (χ3n) is 3.62. The largest absolute Gasteiger partial charge is 0.416 e. The summed E-state index contributed by atoms with van der Waals surface area (Å²) in [5, 5.41) is 3.99. The molecule has 0 amide bonds. The monoisotopic (exact) mass is 335 g/mol. The number of benzene rings is 2. The van der Waals surface area contributed by atoms with Gasteiger partial charge in [-0.1, -0.05) is 18.2 Å². The molecule has 0 aliphatic rings. The summed E-state index contributed by atoms with van der Waals surface area (Å²) in [6, 6.07) is 12.8. The summed E-state index contributed by atoms with van der Waals surface area (Å²) < 4.78 is 37.9. The second kappa shape index (κ2) is 7.86. The Hall–Kier alpha value is -2.50. The molecule has 2 rings (SSSR count). The van der Waals surface area contributed by atoms with Crippen molar-refractivity contribution in [1.29, 1.82) is 0 Å². The molecule has 0 saturated heterocycles. The first-order chi connectivity index (χ1) is 11.4. The van der Waals surface area contributed by atoms with Crippen molar-refractivity contribution >= 4 is 17.6 Å². The number of hydrogen-bond acceptors (Lipinski definition) is 3. The topological polar surface area (TPSA) is 27.6 Å². The molecule has 3 nitrogen and oxygen atoms in total. The number of hydrazone groups is 1. The predicted molar refractivity (Wildman–Crippen MR) is 92.7 cm³/mol. The van der Waals surface area contributed by atoms with Gasteiger partial charge in [0.05, 0.1) is 17.5 Å². The van der Waals surface area contributed by atoms with E-state index in [0.29, 0.717) is 5.69 Å². The van der Waals surface area contributed by atoms with Crippen LogP contribution in [0, 0.1) is 0 Å². The van der Waals surface area contributed by atoms with Crippen LogP contribution in [0.5, 0.6) is 0 Å². The fraction of sp³-hybridized carbons (Fsp3) is 0.278. The van der Waals surface area contributed by atoms with Crippen molar-refractivity contribution in [2.24, 2.45) is 5.10 Å². The third-order valence-corrected chi connectivity index (χ3v) is 3.62. The second-order valence-corrected chi connectivity index (χ2v) is 5.21. The lowest BCUT2D eigenvalue weighted by Crippen LogP contribution is -2.21. The van der Waals surface area contributed by atoms with Gasteiger partial charge in [-0.3, -0.25) is 5.43 Å². The van der Waals surface area contributed by atoms with Crippen LogP contribution in [0.25, 0.3) is 0 Å². The zero-order valence-corrected chi connectivity index (χ0v) is 13.6. The third kappa shape index (κ3) is 4.75. The molecule has 0 saturated carbocycles. The molecule has 0 atom stereocenters. The normalized spacial score (nSPS) is 11.7. The van der Waals surface area contributed by atoms with Gasteiger partial charge in [-0.15, -0.1) is 0 Å². The molecule has 0 aromatic heterocycles. The fourth-order valence-electron chi connectivity index (χ4n) is 2.31. The second-order valence-electron chi connectivity index (χ2n) is 5.21. The number of rotatable bonds is 6. The van der Waals surface area contributed by atoms with Gasteiger partial charge in [-0.05, 0) is 49.7 Å². The SMILES string of the molecule is CCN(CC)c1ccc(C=NNc2cccc(C(F)(F)F)c2)cc1. The minimum atomic E-state index is -4.36. The summed E-state index contributed by atoms with van der Waals surface area (Å²) in [4.78, 5) is 2.22. The molecule has 0 radical (unpaired) electrons. The Balaban J connectivity index is 2.02. The van der Waals surface area contributed by atoms with E-state index in [1.54, 1.807) is 6.21 Å². The van der Waals surface area contributed by atoms with E-state index in [1.807, 2.05) is 24.3 Å². The van der Waals surface area contributed by atoms with E-state index in [2.05, 4.69) is 29.3 Å². The predicted octanol–water partition coefficient (Wildman–Crippen LogP) is 5.00. The van der Waals surface area contributed by atoms with Crippen LogP contribution in [0.4, 0.5) is 24.5 Å². The molecule has 0 fully saturated rings. The van der Waals surface area contributed by atoms with Gasteiger partial charge in [0.15, 0.2) is 0 Å².